The molecule has 0 bridgehead atoms. The lowest BCUT2D eigenvalue weighted by molar-refractivity contribution is -0.384. The number of rotatable bonds is 3. The Morgan fingerprint density at radius 3 is 2.27 bits per heavy atom. The zero-order chi connectivity index (χ0) is 18.1. The van der Waals surface area contributed by atoms with Crippen LogP contribution in [0.15, 0.2) is 78.9 Å². The predicted molar refractivity (Wildman–Crippen MR) is 103 cm³/mol. The van der Waals surface area contributed by atoms with Crippen LogP contribution < -0.4 is 5.32 Å². The molecule has 0 aliphatic carbocycles. The van der Waals surface area contributed by atoms with Crippen molar-refractivity contribution in [1.29, 1.82) is 0 Å². The molecule has 0 unspecified atom stereocenters. The molecule has 4 rings (SSSR count). The van der Waals surface area contributed by atoms with Gasteiger partial charge in [-0.2, -0.15) is 0 Å². The van der Waals surface area contributed by atoms with Crippen LogP contribution in [0.1, 0.15) is 10.4 Å². The molecule has 0 aliphatic heterocycles. The highest BCUT2D eigenvalue weighted by Crippen LogP contribution is 2.27. The zero-order valence-electron chi connectivity index (χ0n) is 13.7. The number of non-ortho nitro benzene ring substituents is 1. The number of fused-ring (bicyclic) bond motifs is 3. The molecule has 0 saturated heterocycles. The molecule has 0 radical (unpaired) electrons. The van der Waals surface area contributed by atoms with Crippen LogP contribution in [0.5, 0.6) is 0 Å². The third-order valence-electron chi connectivity index (χ3n) is 4.34. The highest BCUT2D eigenvalue weighted by Gasteiger charge is 2.10. The van der Waals surface area contributed by atoms with Gasteiger partial charge in [0.25, 0.3) is 11.6 Å². The molecular weight excluding hydrogens is 328 g/mol. The maximum absolute atomic E-state index is 12.4. The van der Waals surface area contributed by atoms with Crippen LogP contribution in [0.2, 0.25) is 0 Å². The number of carbonyl (C=O) groups excluding carboxylic acids is 1. The van der Waals surface area contributed by atoms with Gasteiger partial charge >= 0.3 is 0 Å². The Morgan fingerprint density at radius 1 is 0.808 bits per heavy atom. The van der Waals surface area contributed by atoms with Gasteiger partial charge in [-0.1, -0.05) is 42.5 Å². The van der Waals surface area contributed by atoms with Crippen molar-refractivity contribution >= 4 is 38.8 Å². The van der Waals surface area contributed by atoms with E-state index in [1.165, 1.54) is 35.0 Å². The Balaban J connectivity index is 1.63. The third kappa shape index (κ3) is 2.86. The fraction of sp³-hybridized carbons (Fsp3) is 0. The van der Waals surface area contributed by atoms with E-state index in [2.05, 4.69) is 23.5 Å². The Morgan fingerprint density at radius 2 is 1.50 bits per heavy atom. The van der Waals surface area contributed by atoms with Gasteiger partial charge in [0.1, 0.15) is 0 Å². The molecule has 0 saturated carbocycles. The molecule has 4 aromatic rings. The van der Waals surface area contributed by atoms with E-state index in [1.807, 2.05) is 36.4 Å². The van der Waals surface area contributed by atoms with E-state index in [9.17, 15) is 14.9 Å². The SMILES string of the molecule is O=C(Nc1ccc2c(ccc3ccccc32)c1)c1ccc([N+](=O)[O-])cc1. The first-order valence-electron chi connectivity index (χ1n) is 8.09. The van der Waals surface area contributed by atoms with Crippen LogP contribution in [0.25, 0.3) is 21.5 Å². The molecule has 1 N–H and O–H groups in total. The maximum Gasteiger partial charge on any atom is 0.269 e. The van der Waals surface area contributed by atoms with E-state index < -0.39 is 4.92 Å². The second kappa shape index (κ2) is 6.29. The van der Waals surface area contributed by atoms with Gasteiger partial charge in [-0.3, -0.25) is 14.9 Å². The number of benzene rings is 4. The molecule has 1 amide bonds. The van der Waals surface area contributed by atoms with Crippen molar-refractivity contribution < 1.29 is 9.72 Å². The largest absolute Gasteiger partial charge is 0.322 e. The monoisotopic (exact) mass is 342 g/mol. The lowest BCUT2D eigenvalue weighted by Gasteiger charge is -2.08. The van der Waals surface area contributed by atoms with Gasteiger partial charge in [-0.15, -0.1) is 0 Å². The summed E-state index contributed by atoms with van der Waals surface area (Å²) in [4.78, 5) is 22.6. The van der Waals surface area contributed by atoms with E-state index in [0.717, 1.165) is 10.8 Å². The summed E-state index contributed by atoms with van der Waals surface area (Å²) in [5.41, 5.74) is 1.00. The number of carbonyl (C=O) groups is 1. The molecule has 126 valence electrons. The lowest BCUT2D eigenvalue weighted by atomic mass is 10.0. The Labute approximate surface area is 149 Å². The molecule has 0 aliphatic rings. The van der Waals surface area contributed by atoms with Gasteiger partial charge < -0.3 is 5.32 Å². The number of nitrogens with zero attached hydrogens (tertiary/aromatic N) is 1. The van der Waals surface area contributed by atoms with E-state index in [-0.39, 0.29) is 11.6 Å². The topological polar surface area (TPSA) is 72.2 Å². The van der Waals surface area contributed by atoms with Gasteiger partial charge in [-0.05, 0) is 45.8 Å². The minimum absolute atomic E-state index is 0.0425. The average molecular weight is 342 g/mol. The average Bonchev–Trinajstić information content (AvgIpc) is 2.67. The minimum Gasteiger partial charge on any atom is -0.322 e. The van der Waals surface area contributed by atoms with Crippen LogP contribution in [0, 0.1) is 10.1 Å². The summed E-state index contributed by atoms with van der Waals surface area (Å²) in [5.74, 6) is -0.306. The van der Waals surface area contributed by atoms with Crippen molar-refractivity contribution in [3.8, 4) is 0 Å². The number of amides is 1. The molecule has 0 spiro atoms. The quantitative estimate of drug-likeness (QED) is 0.318. The normalized spacial score (nSPS) is 10.8. The highest BCUT2D eigenvalue weighted by atomic mass is 16.6. The number of nitro benzene ring substituents is 1. The number of hydrogen-bond acceptors (Lipinski definition) is 3. The number of hydrogen-bond donors (Lipinski definition) is 1. The van der Waals surface area contributed by atoms with Crippen molar-refractivity contribution in [2.24, 2.45) is 0 Å². The van der Waals surface area contributed by atoms with Gasteiger partial charge in [0.15, 0.2) is 0 Å². The summed E-state index contributed by atoms with van der Waals surface area (Å²) < 4.78 is 0. The van der Waals surface area contributed by atoms with Crippen molar-refractivity contribution in [2.75, 3.05) is 5.32 Å². The zero-order valence-corrected chi connectivity index (χ0v) is 13.7. The van der Waals surface area contributed by atoms with Crippen LogP contribution in [-0.4, -0.2) is 10.8 Å². The van der Waals surface area contributed by atoms with Crippen LogP contribution in [0.3, 0.4) is 0 Å². The van der Waals surface area contributed by atoms with Gasteiger partial charge in [0.2, 0.25) is 0 Å². The van der Waals surface area contributed by atoms with Crippen LogP contribution in [-0.2, 0) is 0 Å². The fourth-order valence-corrected chi connectivity index (χ4v) is 3.03. The molecule has 4 aromatic carbocycles. The van der Waals surface area contributed by atoms with Crippen molar-refractivity contribution in [1.82, 2.24) is 0 Å². The van der Waals surface area contributed by atoms with Gasteiger partial charge in [-0.25, -0.2) is 0 Å². The second-order valence-electron chi connectivity index (χ2n) is 5.98. The Hall–Kier alpha value is -3.73. The summed E-state index contributed by atoms with van der Waals surface area (Å²) in [6.45, 7) is 0. The van der Waals surface area contributed by atoms with Crippen molar-refractivity contribution in [3.05, 3.63) is 94.5 Å². The summed E-state index contributed by atoms with van der Waals surface area (Å²) in [6.07, 6.45) is 0. The van der Waals surface area contributed by atoms with Crippen molar-refractivity contribution in [3.63, 3.8) is 0 Å². The molecule has 5 heteroatoms. The first-order valence-corrected chi connectivity index (χ1v) is 8.09. The molecule has 0 atom stereocenters. The summed E-state index contributed by atoms with van der Waals surface area (Å²) in [6, 6.07) is 23.5. The van der Waals surface area contributed by atoms with Crippen LogP contribution in [0.4, 0.5) is 11.4 Å². The number of nitrogens with one attached hydrogen (secondary N) is 1. The van der Waals surface area contributed by atoms with Crippen LogP contribution >= 0.6 is 0 Å². The van der Waals surface area contributed by atoms with E-state index in [4.69, 9.17) is 0 Å². The fourth-order valence-electron chi connectivity index (χ4n) is 3.03. The minimum atomic E-state index is -0.491. The summed E-state index contributed by atoms with van der Waals surface area (Å²) in [5, 5.41) is 18.0. The van der Waals surface area contributed by atoms with Gasteiger partial charge in [0.05, 0.1) is 4.92 Å². The number of nitro groups is 1. The summed E-state index contributed by atoms with van der Waals surface area (Å²) >= 11 is 0. The number of anilines is 1. The summed E-state index contributed by atoms with van der Waals surface area (Å²) in [7, 11) is 0. The molecular formula is C21H14N2O3. The Kier molecular flexibility index (Phi) is 3.82. The molecule has 26 heavy (non-hydrogen) atoms. The maximum atomic E-state index is 12.4. The van der Waals surface area contributed by atoms with E-state index >= 15 is 0 Å². The molecule has 0 fully saturated rings. The predicted octanol–water partition coefficient (Wildman–Crippen LogP) is 5.15. The smallest absolute Gasteiger partial charge is 0.269 e. The van der Waals surface area contributed by atoms with E-state index in [0.29, 0.717) is 11.3 Å². The highest BCUT2D eigenvalue weighted by molar-refractivity contribution is 6.10. The molecule has 0 heterocycles. The third-order valence-corrected chi connectivity index (χ3v) is 4.34. The first kappa shape index (κ1) is 15.8. The Bertz CT molecular complexity index is 1150. The molecule has 5 nitrogen and oxygen atoms in total. The van der Waals surface area contributed by atoms with E-state index in [1.54, 1.807) is 0 Å². The first-order chi connectivity index (χ1) is 12.6. The lowest BCUT2D eigenvalue weighted by Crippen LogP contribution is -2.11. The second-order valence-corrected chi connectivity index (χ2v) is 5.98. The molecule has 0 aromatic heterocycles. The van der Waals surface area contributed by atoms with Crippen molar-refractivity contribution in [2.45, 2.75) is 0 Å². The van der Waals surface area contributed by atoms with Gasteiger partial charge in [0, 0.05) is 23.4 Å². The standard InChI is InChI=1S/C21H14N2O3/c24-21(15-7-10-18(11-8-15)23(25)26)22-17-9-12-20-16(13-17)6-5-14-3-1-2-4-19(14)20/h1-13H,(H,22,24).